The predicted octanol–water partition coefficient (Wildman–Crippen LogP) is 18.4. The van der Waals surface area contributed by atoms with Crippen LogP contribution in [0, 0.1) is 0 Å². The number of carbonyl (C=O) groups is 3. The summed E-state index contributed by atoms with van der Waals surface area (Å²) >= 11 is 0. The molecule has 0 aliphatic rings. The van der Waals surface area contributed by atoms with E-state index in [1.165, 1.54) is 25.7 Å². The average molecular weight is 951 g/mol. The summed E-state index contributed by atoms with van der Waals surface area (Å²) in [5.74, 6) is -1.06. The molecule has 0 rings (SSSR count). The summed E-state index contributed by atoms with van der Waals surface area (Å²) in [7, 11) is 0. The Bertz CT molecular complexity index is 1560. The van der Waals surface area contributed by atoms with Gasteiger partial charge in [-0.25, -0.2) is 0 Å². The maximum atomic E-state index is 12.8. The SMILES string of the molecule is CC/C=C\C/C=C\C/C=C\C/C=C\C/C=C\C/C=C\CCC(=O)OC[C@H](COC(=O)CCCCCC/C=C\C/C=C\C/C=C\CCCCC)OC(=O)CCCCCCC/C=C\C/C=C\C/C=C\CC. The van der Waals surface area contributed by atoms with E-state index < -0.39 is 6.10 Å². The molecule has 0 bridgehead atoms. The summed E-state index contributed by atoms with van der Waals surface area (Å²) in [6.45, 7) is 6.27. The van der Waals surface area contributed by atoms with Gasteiger partial charge in [-0.05, 0) is 128 Å². The fourth-order valence-corrected chi connectivity index (χ4v) is 6.78. The number of hydrogen-bond acceptors (Lipinski definition) is 6. The van der Waals surface area contributed by atoms with Gasteiger partial charge >= 0.3 is 17.9 Å². The van der Waals surface area contributed by atoms with Crippen LogP contribution >= 0.6 is 0 Å². The van der Waals surface area contributed by atoms with E-state index in [0.717, 1.165) is 141 Å². The van der Waals surface area contributed by atoms with Crippen molar-refractivity contribution in [1.82, 2.24) is 0 Å². The van der Waals surface area contributed by atoms with Crippen LogP contribution in [0.2, 0.25) is 0 Å². The normalized spacial score (nSPS) is 13.3. The molecule has 69 heavy (non-hydrogen) atoms. The van der Waals surface area contributed by atoms with E-state index in [-0.39, 0.29) is 44.0 Å². The van der Waals surface area contributed by atoms with Crippen molar-refractivity contribution < 1.29 is 28.6 Å². The van der Waals surface area contributed by atoms with Gasteiger partial charge in [0, 0.05) is 19.3 Å². The van der Waals surface area contributed by atoms with Gasteiger partial charge < -0.3 is 14.2 Å². The minimum absolute atomic E-state index is 0.126. The van der Waals surface area contributed by atoms with Gasteiger partial charge in [-0.15, -0.1) is 0 Å². The highest BCUT2D eigenvalue weighted by Gasteiger charge is 2.19. The van der Waals surface area contributed by atoms with Crippen LogP contribution in [0.4, 0.5) is 0 Å². The molecule has 1 atom stereocenters. The molecule has 0 aliphatic carbocycles. The fourth-order valence-electron chi connectivity index (χ4n) is 6.78. The summed E-state index contributed by atoms with van der Waals surface area (Å²) in [6, 6.07) is 0. The lowest BCUT2D eigenvalue weighted by molar-refractivity contribution is -0.166. The monoisotopic (exact) mass is 951 g/mol. The molecule has 0 saturated heterocycles. The number of carbonyl (C=O) groups excluding carboxylic acids is 3. The van der Waals surface area contributed by atoms with E-state index >= 15 is 0 Å². The van der Waals surface area contributed by atoms with E-state index in [4.69, 9.17) is 14.2 Å². The van der Waals surface area contributed by atoms with Crippen LogP contribution in [0.25, 0.3) is 0 Å². The Morgan fingerprint density at radius 1 is 0.304 bits per heavy atom. The molecule has 0 unspecified atom stereocenters. The highest BCUT2D eigenvalue weighted by molar-refractivity contribution is 5.71. The highest BCUT2D eigenvalue weighted by atomic mass is 16.6. The minimum Gasteiger partial charge on any atom is -0.462 e. The van der Waals surface area contributed by atoms with E-state index in [2.05, 4.69) is 154 Å². The van der Waals surface area contributed by atoms with Crippen molar-refractivity contribution in [2.45, 2.75) is 219 Å². The van der Waals surface area contributed by atoms with Gasteiger partial charge in [0.1, 0.15) is 13.2 Å². The minimum atomic E-state index is -0.834. The maximum absolute atomic E-state index is 12.8. The van der Waals surface area contributed by atoms with Crippen LogP contribution in [0.1, 0.15) is 213 Å². The molecule has 0 aliphatic heterocycles. The summed E-state index contributed by atoms with van der Waals surface area (Å²) in [5.41, 5.74) is 0. The van der Waals surface area contributed by atoms with Crippen molar-refractivity contribution >= 4 is 17.9 Å². The zero-order chi connectivity index (χ0) is 50.0. The molecule has 0 aromatic rings. The molecule has 0 heterocycles. The smallest absolute Gasteiger partial charge is 0.306 e. The molecule has 0 amide bonds. The topological polar surface area (TPSA) is 78.9 Å². The highest BCUT2D eigenvalue weighted by Crippen LogP contribution is 2.12. The Labute approximate surface area is 423 Å². The second kappa shape index (κ2) is 55.9. The summed E-state index contributed by atoms with van der Waals surface area (Å²) in [5, 5.41) is 0. The van der Waals surface area contributed by atoms with Crippen molar-refractivity contribution in [1.29, 1.82) is 0 Å². The lowest BCUT2D eigenvalue weighted by atomic mass is 10.1. The van der Waals surface area contributed by atoms with Crippen LogP contribution < -0.4 is 0 Å². The van der Waals surface area contributed by atoms with Crippen LogP contribution in [-0.2, 0) is 28.6 Å². The number of allylic oxidation sites excluding steroid dienone is 24. The Morgan fingerprint density at radius 3 is 0.971 bits per heavy atom. The first kappa shape index (κ1) is 64.3. The quantitative estimate of drug-likeness (QED) is 0.0262. The zero-order valence-corrected chi connectivity index (χ0v) is 44.0. The van der Waals surface area contributed by atoms with E-state index in [1.807, 2.05) is 12.2 Å². The van der Waals surface area contributed by atoms with Gasteiger partial charge in [-0.3, -0.25) is 14.4 Å². The number of ether oxygens (including phenoxy) is 3. The third-order valence-corrected chi connectivity index (χ3v) is 10.8. The van der Waals surface area contributed by atoms with Crippen molar-refractivity contribution in [2.75, 3.05) is 13.2 Å². The number of esters is 3. The Balaban J connectivity index is 4.60. The van der Waals surface area contributed by atoms with Gasteiger partial charge in [0.15, 0.2) is 6.10 Å². The second-order valence-corrected chi connectivity index (χ2v) is 17.4. The maximum Gasteiger partial charge on any atom is 0.306 e. The second-order valence-electron chi connectivity index (χ2n) is 17.4. The lowest BCUT2D eigenvalue weighted by Crippen LogP contribution is -2.30. The molecular formula is C63H98O6. The molecule has 0 spiro atoms. The number of rotatable bonds is 47. The molecule has 6 heteroatoms. The molecule has 0 N–H and O–H groups in total. The van der Waals surface area contributed by atoms with Gasteiger partial charge in [-0.2, -0.15) is 0 Å². The summed E-state index contributed by atoms with van der Waals surface area (Å²) in [4.78, 5) is 38.1. The van der Waals surface area contributed by atoms with Crippen LogP contribution in [-0.4, -0.2) is 37.2 Å². The van der Waals surface area contributed by atoms with Crippen LogP contribution in [0.15, 0.2) is 146 Å². The summed E-state index contributed by atoms with van der Waals surface area (Å²) < 4.78 is 16.7. The van der Waals surface area contributed by atoms with E-state index in [9.17, 15) is 14.4 Å². The predicted molar refractivity (Wildman–Crippen MR) is 297 cm³/mol. The number of unbranched alkanes of at least 4 members (excludes halogenated alkanes) is 12. The largest absolute Gasteiger partial charge is 0.462 e. The molecule has 0 saturated carbocycles. The molecule has 0 fully saturated rings. The Kier molecular flexibility index (Phi) is 52.1. The molecular weight excluding hydrogens is 853 g/mol. The molecule has 6 nitrogen and oxygen atoms in total. The standard InChI is InChI=1S/C63H98O6/c1-4-7-10-13-16-19-22-25-28-30-31-33-36-38-41-44-47-50-53-56-62(65)68-59-60(69-63(66)57-54-51-48-45-42-39-34-27-24-21-18-15-12-9-6-3)58-67-61(64)55-52-49-46-43-40-37-35-32-29-26-23-20-17-14-11-8-5-2/h7,9-10,12,16-21,25-29,31,33-35,37-38,41,47,50,60H,4-6,8,11,13-15,22-24,30,32,36,39-40,42-46,48-49,51-59H2,1-3H3/b10-7-,12-9-,19-16-,20-17-,21-18-,28-25-,29-26-,33-31-,34-27-,37-35-,41-38-,50-47-/t60-/m0/s1. The van der Waals surface area contributed by atoms with Gasteiger partial charge in [0.25, 0.3) is 0 Å². The Hall–Kier alpha value is -4.71. The van der Waals surface area contributed by atoms with Gasteiger partial charge in [-0.1, -0.05) is 212 Å². The van der Waals surface area contributed by atoms with Crippen LogP contribution in [0.3, 0.4) is 0 Å². The molecule has 0 aromatic heterocycles. The van der Waals surface area contributed by atoms with Crippen molar-refractivity contribution in [3.05, 3.63) is 146 Å². The van der Waals surface area contributed by atoms with Crippen molar-refractivity contribution in [3.63, 3.8) is 0 Å². The van der Waals surface area contributed by atoms with E-state index in [0.29, 0.717) is 12.8 Å². The first-order valence-corrected chi connectivity index (χ1v) is 27.3. The molecule has 386 valence electrons. The summed E-state index contributed by atoms with van der Waals surface area (Å²) in [6.07, 6.45) is 79.8. The van der Waals surface area contributed by atoms with Crippen LogP contribution in [0.5, 0.6) is 0 Å². The Morgan fingerprint density at radius 2 is 0.594 bits per heavy atom. The van der Waals surface area contributed by atoms with Crippen molar-refractivity contribution in [3.8, 4) is 0 Å². The number of hydrogen-bond donors (Lipinski definition) is 0. The third kappa shape index (κ3) is 54.1. The van der Waals surface area contributed by atoms with Gasteiger partial charge in [0.2, 0.25) is 0 Å². The lowest BCUT2D eigenvalue weighted by Gasteiger charge is -2.18. The first-order chi connectivity index (χ1) is 34.0. The zero-order valence-electron chi connectivity index (χ0n) is 44.0. The molecule has 0 aromatic carbocycles. The van der Waals surface area contributed by atoms with Crippen molar-refractivity contribution in [2.24, 2.45) is 0 Å². The first-order valence-electron chi connectivity index (χ1n) is 27.3. The molecule has 0 radical (unpaired) electrons. The van der Waals surface area contributed by atoms with E-state index in [1.54, 1.807) is 0 Å². The fraction of sp³-hybridized carbons (Fsp3) is 0.571. The third-order valence-electron chi connectivity index (χ3n) is 10.8. The van der Waals surface area contributed by atoms with Gasteiger partial charge in [0.05, 0.1) is 0 Å². The average Bonchev–Trinajstić information content (AvgIpc) is 3.35.